The van der Waals surface area contributed by atoms with Crippen LogP contribution in [0.25, 0.3) is 5.76 Å². The largest absolute Gasteiger partial charge is 0.507 e. The van der Waals surface area contributed by atoms with Gasteiger partial charge in [0.1, 0.15) is 11.5 Å². The second-order valence-corrected chi connectivity index (χ2v) is 9.07. The third kappa shape index (κ3) is 5.02. The predicted octanol–water partition coefficient (Wildman–Crippen LogP) is 5.18. The number of ketones is 1. The standard InChI is InChI=1S/C30H32N2O6/c1-6-17-38-23-14-7-19(8-15-23)28(33)26-27(20-9-16-24(36-4)25(18-20)37-5)32(30(35)29(26)34)22-12-10-21(11-13-22)31(2)3/h7-16,18,27,33H,6,17H2,1-5H3/b28-26-. The molecule has 0 aliphatic carbocycles. The summed E-state index contributed by atoms with van der Waals surface area (Å²) in [5.41, 5.74) is 2.45. The van der Waals surface area contributed by atoms with Gasteiger partial charge in [0.05, 0.1) is 32.4 Å². The van der Waals surface area contributed by atoms with Gasteiger partial charge < -0.3 is 24.2 Å². The van der Waals surface area contributed by atoms with Crippen molar-refractivity contribution in [1.82, 2.24) is 0 Å². The van der Waals surface area contributed by atoms with Gasteiger partial charge in [0.15, 0.2) is 11.5 Å². The van der Waals surface area contributed by atoms with Crippen LogP contribution in [-0.2, 0) is 9.59 Å². The summed E-state index contributed by atoms with van der Waals surface area (Å²) in [6, 6.07) is 18.4. The molecule has 1 amide bonds. The lowest BCUT2D eigenvalue weighted by Crippen LogP contribution is -2.29. The van der Waals surface area contributed by atoms with Gasteiger partial charge in [-0.3, -0.25) is 14.5 Å². The molecule has 1 heterocycles. The number of ether oxygens (including phenoxy) is 3. The molecule has 0 aromatic heterocycles. The van der Waals surface area contributed by atoms with Crippen molar-refractivity contribution in [3.8, 4) is 17.2 Å². The second kappa shape index (κ2) is 11.3. The van der Waals surface area contributed by atoms with Crippen molar-refractivity contribution < 1.29 is 28.9 Å². The number of methoxy groups -OCH3 is 2. The molecule has 1 aliphatic rings. The molecule has 3 aromatic carbocycles. The van der Waals surface area contributed by atoms with Gasteiger partial charge in [-0.2, -0.15) is 0 Å². The van der Waals surface area contributed by atoms with E-state index in [4.69, 9.17) is 14.2 Å². The van der Waals surface area contributed by atoms with Gasteiger partial charge in [-0.25, -0.2) is 0 Å². The van der Waals surface area contributed by atoms with E-state index >= 15 is 0 Å². The van der Waals surface area contributed by atoms with E-state index in [0.717, 1.165) is 12.1 Å². The maximum absolute atomic E-state index is 13.5. The van der Waals surface area contributed by atoms with Crippen LogP contribution in [0.4, 0.5) is 11.4 Å². The molecule has 1 atom stereocenters. The first-order valence-corrected chi connectivity index (χ1v) is 12.3. The number of anilines is 2. The summed E-state index contributed by atoms with van der Waals surface area (Å²) >= 11 is 0. The van der Waals surface area contributed by atoms with Crippen LogP contribution in [0.2, 0.25) is 0 Å². The molecule has 4 rings (SSSR count). The zero-order valence-corrected chi connectivity index (χ0v) is 22.2. The minimum absolute atomic E-state index is 0.0128. The Morgan fingerprint density at radius 3 is 2.16 bits per heavy atom. The van der Waals surface area contributed by atoms with Crippen molar-refractivity contribution in [2.24, 2.45) is 0 Å². The fourth-order valence-electron chi connectivity index (χ4n) is 4.43. The monoisotopic (exact) mass is 516 g/mol. The number of hydrogen-bond acceptors (Lipinski definition) is 7. The lowest BCUT2D eigenvalue weighted by Gasteiger charge is -2.26. The lowest BCUT2D eigenvalue weighted by molar-refractivity contribution is -0.132. The highest BCUT2D eigenvalue weighted by atomic mass is 16.5. The summed E-state index contributed by atoms with van der Waals surface area (Å²) in [6.45, 7) is 2.59. The van der Waals surface area contributed by atoms with Crippen molar-refractivity contribution in [3.63, 3.8) is 0 Å². The molecule has 1 saturated heterocycles. The van der Waals surface area contributed by atoms with Crippen molar-refractivity contribution in [3.05, 3.63) is 83.4 Å². The highest BCUT2D eigenvalue weighted by molar-refractivity contribution is 6.51. The highest BCUT2D eigenvalue weighted by Gasteiger charge is 2.47. The lowest BCUT2D eigenvalue weighted by atomic mass is 9.94. The number of amides is 1. The van der Waals surface area contributed by atoms with Gasteiger partial charge >= 0.3 is 0 Å². The Labute approximate surface area is 222 Å². The molecule has 1 aliphatic heterocycles. The number of carbonyl (C=O) groups is 2. The molecule has 0 spiro atoms. The van der Waals surface area contributed by atoms with E-state index in [1.165, 1.54) is 19.1 Å². The van der Waals surface area contributed by atoms with Gasteiger partial charge in [0.25, 0.3) is 11.7 Å². The zero-order valence-electron chi connectivity index (χ0n) is 22.2. The van der Waals surface area contributed by atoms with E-state index in [9.17, 15) is 14.7 Å². The smallest absolute Gasteiger partial charge is 0.300 e. The number of Topliss-reactive ketones (excluding diaryl/α,β-unsaturated/α-hetero) is 1. The average Bonchev–Trinajstić information content (AvgIpc) is 3.21. The van der Waals surface area contributed by atoms with Gasteiger partial charge in [-0.15, -0.1) is 0 Å². The Morgan fingerprint density at radius 2 is 1.58 bits per heavy atom. The van der Waals surface area contributed by atoms with Gasteiger partial charge in [-0.05, 0) is 72.6 Å². The summed E-state index contributed by atoms with van der Waals surface area (Å²) < 4.78 is 16.5. The predicted molar refractivity (Wildman–Crippen MR) is 147 cm³/mol. The van der Waals surface area contributed by atoms with E-state index in [0.29, 0.717) is 40.7 Å². The molecule has 8 nitrogen and oxygen atoms in total. The first-order chi connectivity index (χ1) is 18.3. The van der Waals surface area contributed by atoms with Crippen LogP contribution in [0.1, 0.15) is 30.5 Å². The summed E-state index contributed by atoms with van der Waals surface area (Å²) in [5.74, 6) is -0.168. The second-order valence-electron chi connectivity index (χ2n) is 9.07. The van der Waals surface area contributed by atoms with E-state index in [-0.39, 0.29) is 11.3 Å². The number of carbonyl (C=O) groups excluding carboxylic acids is 2. The summed E-state index contributed by atoms with van der Waals surface area (Å²) in [5, 5.41) is 11.4. The number of rotatable bonds is 9. The minimum Gasteiger partial charge on any atom is -0.507 e. The topological polar surface area (TPSA) is 88.5 Å². The van der Waals surface area contributed by atoms with Crippen LogP contribution in [0.3, 0.4) is 0 Å². The Bertz CT molecular complexity index is 1350. The van der Waals surface area contributed by atoms with E-state index in [1.807, 2.05) is 38.1 Å². The van der Waals surface area contributed by atoms with Crippen LogP contribution in [0.5, 0.6) is 17.2 Å². The Kier molecular flexibility index (Phi) is 7.90. The number of benzene rings is 3. The van der Waals surface area contributed by atoms with Crippen molar-refractivity contribution in [2.75, 3.05) is 44.7 Å². The molecule has 3 aromatic rings. The Balaban J connectivity index is 1.87. The molecular formula is C30H32N2O6. The highest BCUT2D eigenvalue weighted by Crippen LogP contribution is 2.44. The summed E-state index contributed by atoms with van der Waals surface area (Å²) in [7, 11) is 6.89. The molecule has 38 heavy (non-hydrogen) atoms. The third-order valence-corrected chi connectivity index (χ3v) is 6.41. The molecule has 1 unspecified atom stereocenters. The quantitative estimate of drug-likeness (QED) is 0.238. The first kappa shape index (κ1) is 26.6. The normalized spacial score (nSPS) is 16.4. The summed E-state index contributed by atoms with van der Waals surface area (Å²) in [6.07, 6.45) is 0.867. The van der Waals surface area contributed by atoms with E-state index < -0.39 is 17.7 Å². The van der Waals surface area contributed by atoms with Crippen molar-refractivity contribution >= 4 is 28.8 Å². The number of aliphatic hydroxyl groups excluding tert-OH is 1. The van der Waals surface area contributed by atoms with Crippen LogP contribution < -0.4 is 24.0 Å². The SMILES string of the molecule is CCCOc1ccc(/C(O)=C2/C(=O)C(=O)N(c3ccc(N(C)C)cc3)C2c2ccc(OC)c(OC)c2)cc1. The number of hydrogen-bond donors (Lipinski definition) is 1. The van der Waals surface area contributed by atoms with E-state index in [1.54, 1.807) is 54.6 Å². The molecule has 0 bridgehead atoms. The van der Waals surface area contributed by atoms with Crippen LogP contribution in [0.15, 0.2) is 72.3 Å². The third-order valence-electron chi connectivity index (χ3n) is 6.41. The van der Waals surface area contributed by atoms with Crippen molar-refractivity contribution in [2.45, 2.75) is 19.4 Å². The molecule has 0 saturated carbocycles. The fraction of sp³-hybridized carbons (Fsp3) is 0.267. The van der Waals surface area contributed by atoms with E-state index in [2.05, 4.69) is 0 Å². The zero-order chi connectivity index (χ0) is 27.4. The Morgan fingerprint density at radius 1 is 0.921 bits per heavy atom. The Hall–Kier alpha value is -4.46. The van der Waals surface area contributed by atoms with Gasteiger partial charge in [-0.1, -0.05) is 13.0 Å². The fourth-order valence-corrected chi connectivity index (χ4v) is 4.43. The van der Waals surface area contributed by atoms with Gasteiger partial charge in [0, 0.05) is 31.0 Å². The molecule has 1 fully saturated rings. The molecule has 8 heteroatoms. The molecule has 0 radical (unpaired) electrons. The first-order valence-electron chi connectivity index (χ1n) is 12.3. The van der Waals surface area contributed by atoms with Crippen LogP contribution in [-0.4, -0.2) is 51.7 Å². The summed E-state index contributed by atoms with van der Waals surface area (Å²) in [4.78, 5) is 30.3. The maximum Gasteiger partial charge on any atom is 0.300 e. The van der Waals surface area contributed by atoms with Crippen LogP contribution in [0, 0.1) is 0 Å². The van der Waals surface area contributed by atoms with Crippen molar-refractivity contribution in [1.29, 1.82) is 0 Å². The maximum atomic E-state index is 13.5. The molecule has 1 N–H and O–H groups in total. The molecular weight excluding hydrogens is 484 g/mol. The van der Waals surface area contributed by atoms with Gasteiger partial charge in [0.2, 0.25) is 0 Å². The molecule has 198 valence electrons. The van der Waals surface area contributed by atoms with Crippen LogP contribution >= 0.6 is 0 Å². The number of aliphatic hydroxyl groups is 1. The minimum atomic E-state index is -0.893. The average molecular weight is 517 g/mol. The number of nitrogens with zero attached hydrogens (tertiary/aromatic N) is 2.